The van der Waals surface area contributed by atoms with Gasteiger partial charge in [-0.1, -0.05) is 227 Å². The van der Waals surface area contributed by atoms with Gasteiger partial charge in [0.25, 0.3) is 0 Å². The van der Waals surface area contributed by atoms with Gasteiger partial charge in [-0.25, -0.2) is 29.9 Å². The first kappa shape index (κ1) is 49.3. The molecule has 2 aliphatic carbocycles. The summed E-state index contributed by atoms with van der Waals surface area (Å²) in [5.41, 5.74) is 19.3. The maximum absolute atomic E-state index is 5.05. The summed E-state index contributed by atoms with van der Waals surface area (Å²) in [5, 5.41) is 0. The Morgan fingerprint density at radius 2 is 0.840 bits per heavy atom. The van der Waals surface area contributed by atoms with E-state index in [4.69, 9.17) is 29.9 Å². The molecule has 2 aliphatic rings. The third-order valence-electron chi connectivity index (χ3n) is 14.0. The second-order valence-corrected chi connectivity index (χ2v) is 18.3. The molecule has 6 heteroatoms. The van der Waals surface area contributed by atoms with Crippen LogP contribution in [0.1, 0.15) is 86.6 Å². The van der Waals surface area contributed by atoms with Crippen LogP contribution in [0.2, 0.25) is 0 Å². The van der Waals surface area contributed by atoms with Crippen molar-refractivity contribution in [3.63, 3.8) is 0 Å². The van der Waals surface area contributed by atoms with Crippen LogP contribution in [0.3, 0.4) is 0 Å². The second kappa shape index (κ2) is 21.4. The van der Waals surface area contributed by atoms with E-state index in [0.29, 0.717) is 34.9 Å². The molecule has 0 saturated heterocycles. The first-order chi connectivity index (χ1) is 36.8. The van der Waals surface area contributed by atoms with Crippen LogP contribution in [0.4, 0.5) is 0 Å². The van der Waals surface area contributed by atoms with Gasteiger partial charge in [0.1, 0.15) is 0 Å². The van der Waals surface area contributed by atoms with Crippen molar-refractivity contribution in [2.24, 2.45) is 0 Å². The van der Waals surface area contributed by atoms with Gasteiger partial charge < -0.3 is 0 Å². The van der Waals surface area contributed by atoms with Crippen LogP contribution >= 0.6 is 0 Å². The number of rotatable bonds is 15. The van der Waals surface area contributed by atoms with Crippen LogP contribution in [0.5, 0.6) is 0 Å². The van der Waals surface area contributed by atoms with Gasteiger partial charge in [0.05, 0.1) is 5.41 Å². The fourth-order valence-electron chi connectivity index (χ4n) is 10.6. The average molecular weight is 971 g/mol. The lowest BCUT2D eigenvalue weighted by atomic mass is 9.70. The summed E-state index contributed by atoms with van der Waals surface area (Å²) in [5.74, 6) is 3.57. The zero-order valence-electron chi connectivity index (χ0n) is 43.2. The SMILES string of the molecule is C=C/C=C\C(=C/C)c1nc(C(/C=C\C)=C/CC)nc(-c2ccc(-c3ccc4c(c3)C3(c5ccccc5-c5ccc(-c6ccc(-c7nc(/C(C=C)=C/C=C)nc(C(/C=C\C)=C/C)n7)cc6)cc53)c3ccccc3-4)cc2)n1. The zero-order chi connectivity index (χ0) is 52.1. The van der Waals surface area contributed by atoms with E-state index in [2.05, 4.69) is 172 Å². The van der Waals surface area contributed by atoms with Crippen molar-refractivity contribution >= 4 is 22.3 Å². The largest absolute Gasteiger partial charge is 0.208 e. The van der Waals surface area contributed by atoms with Crippen molar-refractivity contribution in [1.29, 1.82) is 0 Å². The van der Waals surface area contributed by atoms with E-state index < -0.39 is 5.41 Å². The van der Waals surface area contributed by atoms with E-state index in [1.165, 1.54) is 44.5 Å². The third-order valence-corrected chi connectivity index (χ3v) is 14.0. The standard InChI is InChI=1S/C69H58N6/c1-9-17-26-47(16-8)65-73-66(50(24-12-4)25-13-5)75-68(74-65)52-37-33-49(34-38-52)54-40-42-58-56-28-19-21-30-60(56)69(62(58)44-54)59-29-20-18-27-55(59)57-41-39-53(43-61(57)69)48-31-35-51(36-32-48)67-71-63(45(14-6)22-10-2)70-64(72-67)46(15-7)23-11-3/h9-12,14-44H,1-2,6,13H2,3-5,7-8H3/b23-11-,24-12-,26-17-,45-22+,46-15+,47-16+,50-25+. The van der Waals surface area contributed by atoms with Gasteiger partial charge in [-0.2, -0.15) is 0 Å². The maximum atomic E-state index is 5.05. The fraction of sp³-hybridized carbons (Fsp3) is 0.101. The highest BCUT2D eigenvalue weighted by atomic mass is 15.0. The van der Waals surface area contributed by atoms with Gasteiger partial charge in [0.15, 0.2) is 34.9 Å². The van der Waals surface area contributed by atoms with Crippen LogP contribution in [0.15, 0.2) is 232 Å². The van der Waals surface area contributed by atoms with Crippen molar-refractivity contribution in [3.05, 3.63) is 278 Å². The lowest BCUT2D eigenvalue weighted by Crippen LogP contribution is -2.26. The smallest absolute Gasteiger partial charge is 0.164 e. The molecule has 0 saturated carbocycles. The molecule has 1 atom stereocenters. The van der Waals surface area contributed by atoms with Gasteiger partial charge in [-0.05, 0) is 113 Å². The highest BCUT2D eigenvalue weighted by molar-refractivity contribution is 5.97. The molecule has 8 aromatic rings. The Morgan fingerprint density at radius 3 is 1.28 bits per heavy atom. The normalized spacial score (nSPS) is 15.2. The van der Waals surface area contributed by atoms with Crippen LogP contribution in [-0.2, 0) is 5.41 Å². The quantitative estimate of drug-likeness (QED) is 0.0953. The number of benzene rings is 6. The summed E-state index contributed by atoms with van der Waals surface area (Å²) in [6, 6.07) is 49.1. The molecular weight excluding hydrogens is 913 g/mol. The van der Waals surface area contributed by atoms with Gasteiger partial charge >= 0.3 is 0 Å². The molecule has 2 heterocycles. The third kappa shape index (κ3) is 8.95. The Bertz CT molecular complexity index is 3770. The minimum atomic E-state index is -0.556. The molecule has 75 heavy (non-hydrogen) atoms. The molecular formula is C69H58N6. The Labute approximate surface area is 441 Å². The number of nitrogens with zero attached hydrogens (tertiary/aromatic N) is 6. The summed E-state index contributed by atoms with van der Waals surface area (Å²) in [7, 11) is 0. The minimum absolute atomic E-state index is 0.539. The number of fused-ring (bicyclic) bond motifs is 10. The van der Waals surface area contributed by atoms with Crippen LogP contribution < -0.4 is 0 Å². The van der Waals surface area contributed by atoms with E-state index >= 15 is 0 Å². The first-order valence-electron chi connectivity index (χ1n) is 25.6. The Hall–Kier alpha value is -9.26. The minimum Gasteiger partial charge on any atom is -0.208 e. The summed E-state index contributed by atoms with van der Waals surface area (Å²) in [4.78, 5) is 29.8. The van der Waals surface area contributed by atoms with Crippen molar-refractivity contribution in [3.8, 4) is 67.3 Å². The predicted octanol–water partition coefficient (Wildman–Crippen LogP) is 17.3. The molecule has 6 nitrogen and oxygen atoms in total. The van der Waals surface area contributed by atoms with Gasteiger partial charge in [-0.15, -0.1) is 0 Å². The number of allylic oxidation sites excluding steroid dienone is 17. The molecule has 0 N–H and O–H groups in total. The number of hydrogen-bond donors (Lipinski definition) is 0. The molecule has 1 spiro atoms. The van der Waals surface area contributed by atoms with E-state index in [9.17, 15) is 0 Å². The molecule has 364 valence electrons. The van der Waals surface area contributed by atoms with Crippen molar-refractivity contribution in [2.45, 2.75) is 46.5 Å². The highest BCUT2D eigenvalue weighted by Crippen LogP contribution is 2.63. The predicted molar refractivity (Wildman–Crippen MR) is 314 cm³/mol. The molecule has 2 aromatic heterocycles. The maximum Gasteiger partial charge on any atom is 0.164 e. The van der Waals surface area contributed by atoms with Gasteiger partial charge in [-0.3, -0.25) is 0 Å². The monoisotopic (exact) mass is 970 g/mol. The molecule has 10 rings (SSSR count). The average Bonchev–Trinajstić information content (AvgIpc) is 3.99. The molecule has 1 unspecified atom stereocenters. The van der Waals surface area contributed by atoms with Crippen LogP contribution in [-0.4, -0.2) is 29.9 Å². The highest BCUT2D eigenvalue weighted by Gasteiger charge is 2.51. The van der Waals surface area contributed by atoms with Crippen LogP contribution in [0.25, 0.3) is 89.6 Å². The summed E-state index contributed by atoms with van der Waals surface area (Å²) in [6.07, 6.45) is 26.1. The van der Waals surface area contributed by atoms with E-state index in [1.54, 1.807) is 18.2 Å². The van der Waals surface area contributed by atoms with E-state index in [-0.39, 0.29) is 0 Å². The number of aromatic nitrogens is 6. The summed E-state index contributed by atoms with van der Waals surface area (Å²) < 4.78 is 0. The Balaban J connectivity index is 1.07. The summed E-state index contributed by atoms with van der Waals surface area (Å²) in [6.45, 7) is 21.9. The molecule has 0 radical (unpaired) electrons. The van der Waals surface area contributed by atoms with E-state index in [0.717, 1.165) is 62.1 Å². The van der Waals surface area contributed by atoms with Gasteiger partial charge in [0.2, 0.25) is 0 Å². The van der Waals surface area contributed by atoms with E-state index in [1.807, 2.05) is 76.3 Å². The molecule has 0 amide bonds. The zero-order valence-corrected chi connectivity index (χ0v) is 43.2. The molecule has 6 aromatic carbocycles. The Morgan fingerprint density at radius 1 is 0.427 bits per heavy atom. The van der Waals surface area contributed by atoms with Crippen molar-refractivity contribution < 1.29 is 0 Å². The number of hydrogen-bond acceptors (Lipinski definition) is 6. The second-order valence-electron chi connectivity index (χ2n) is 18.3. The fourth-order valence-corrected chi connectivity index (χ4v) is 10.6. The van der Waals surface area contributed by atoms with Crippen LogP contribution in [0, 0.1) is 0 Å². The topological polar surface area (TPSA) is 77.3 Å². The Kier molecular flexibility index (Phi) is 14.1. The lowest BCUT2D eigenvalue weighted by molar-refractivity contribution is 0.794. The first-order valence-corrected chi connectivity index (χ1v) is 25.6. The lowest BCUT2D eigenvalue weighted by Gasteiger charge is -2.31. The molecule has 0 fully saturated rings. The molecule has 0 aliphatic heterocycles. The van der Waals surface area contributed by atoms with Crippen molar-refractivity contribution in [1.82, 2.24) is 29.9 Å². The summed E-state index contributed by atoms with van der Waals surface area (Å²) >= 11 is 0. The van der Waals surface area contributed by atoms with Gasteiger partial charge in [0, 0.05) is 33.4 Å². The molecule has 0 bridgehead atoms. The van der Waals surface area contributed by atoms with Crippen molar-refractivity contribution in [2.75, 3.05) is 0 Å².